The van der Waals surface area contributed by atoms with Crippen LogP contribution in [0.4, 0.5) is 0 Å². The average Bonchev–Trinajstić information content (AvgIpc) is 2.95. The summed E-state index contributed by atoms with van der Waals surface area (Å²) in [5, 5.41) is 1.34. The van der Waals surface area contributed by atoms with Crippen molar-refractivity contribution >= 4 is 31.6 Å². The maximum Gasteiger partial charge on any atom is 0.287 e. The molecule has 0 atom stereocenters. The third-order valence-corrected chi connectivity index (χ3v) is 5.88. The van der Waals surface area contributed by atoms with E-state index in [0.717, 1.165) is 11.9 Å². The van der Waals surface area contributed by atoms with Crippen molar-refractivity contribution in [1.82, 2.24) is 4.98 Å². The van der Waals surface area contributed by atoms with Crippen molar-refractivity contribution in [3.63, 3.8) is 0 Å². The molecule has 4 aromatic rings. The summed E-state index contributed by atoms with van der Waals surface area (Å²) in [6, 6.07) is 15.3. The van der Waals surface area contributed by atoms with Gasteiger partial charge in [0.15, 0.2) is 5.69 Å². The van der Waals surface area contributed by atoms with Gasteiger partial charge in [0.2, 0.25) is 5.52 Å². The standard InChI is InChI=1S/C22H23N2S/c1-14(2)12-16-9-7-11-18-19(16)20-22(25-18)21(24(4)13-23-20)17-10-6-5-8-15(17)3/h5-11,13-14H,12H2,1-4H3/q+1. The molecule has 2 aromatic carbocycles. The Kier molecular flexibility index (Phi) is 4.04. The van der Waals surface area contributed by atoms with E-state index in [1.54, 1.807) is 0 Å². The minimum atomic E-state index is 0.635. The predicted molar refractivity (Wildman–Crippen MR) is 107 cm³/mol. The van der Waals surface area contributed by atoms with Crippen molar-refractivity contribution in [3.05, 3.63) is 59.9 Å². The maximum atomic E-state index is 4.83. The first-order valence-electron chi connectivity index (χ1n) is 8.81. The van der Waals surface area contributed by atoms with Crippen molar-refractivity contribution in [2.24, 2.45) is 13.0 Å². The number of benzene rings is 2. The van der Waals surface area contributed by atoms with Crippen molar-refractivity contribution in [2.45, 2.75) is 27.2 Å². The first-order valence-corrected chi connectivity index (χ1v) is 9.62. The van der Waals surface area contributed by atoms with Crippen molar-refractivity contribution in [1.29, 1.82) is 0 Å². The molecule has 0 saturated heterocycles. The number of rotatable bonds is 3. The van der Waals surface area contributed by atoms with Crippen molar-refractivity contribution in [2.75, 3.05) is 0 Å². The van der Waals surface area contributed by atoms with E-state index in [4.69, 9.17) is 4.98 Å². The summed E-state index contributed by atoms with van der Waals surface area (Å²) in [5.41, 5.74) is 6.41. The van der Waals surface area contributed by atoms with E-state index < -0.39 is 0 Å². The topological polar surface area (TPSA) is 16.8 Å². The Labute approximate surface area is 152 Å². The SMILES string of the molecule is Cc1ccccc1-c1c2sc3cccc(CC(C)C)c3c2nc[n+]1C. The summed E-state index contributed by atoms with van der Waals surface area (Å²) >= 11 is 1.86. The Morgan fingerprint density at radius 2 is 1.88 bits per heavy atom. The van der Waals surface area contributed by atoms with Gasteiger partial charge in [0, 0.05) is 15.6 Å². The summed E-state index contributed by atoms with van der Waals surface area (Å²) in [6.07, 6.45) is 3.05. The van der Waals surface area contributed by atoms with Crippen LogP contribution in [0, 0.1) is 12.8 Å². The van der Waals surface area contributed by atoms with Gasteiger partial charge in [-0.2, -0.15) is 0 Å². The molecule has 0 amide bonds. The number of aromatic nitrogens is 2. The number of fused-ring (bicyclic) bond motifs is 3. The van der Waals surface area contributed by atoms with Crippen molar-refractivity contribution < 1.29 is 4.57 Å². The largest absolute Gasteiger partial charge is 0.287 e. The Bertz CT molecular complexity index is 1080. The van der Waals surface area contributed by atoms with Crippen molar-refractivity contribution in [3.8, 4) is 11.3 Å². The van der Waals surface area contributed by atoms with Gasteiger partial charge in [-0.05, 0) is 41.4 Å². The van der Waals surface area contributed by atoms with Crippen LogP contribution in [-0.4, -0.2) is 4.98 Å². The molecular formula is C22H23N2S+. The summed E-state index contributed by atoms with van der Waals surface area (Å²) in [4.78, 5) is 4.83. The first kappa shape index (κ1) is 16.2. The Morgan fingerprint density at radius 1 is 1.08 bits per heavy atom. The fraction of sp³-hybridized carbons (Fsp3) is 0.273. The normalized spacial score (nSPS) is 11.7. The lowest BCUT2D eigenvalue weighted by Gasteiger charge is -2.07. The summed E-state index contributed by atoms with van der Waals surface area (Å²) < 4.78 is 4.77. The summed E-state index contributed by atoms with van der Waals surface area (Å²) in [5.74, 6) is 0.635. The molecule has 2 heterocycles. The van der Waals surface area contributed by atoms with Gasteiger partial charge in [-0.1, -0.05) is 50.2 Å². The van der Waals surface area contributed by atoms with E-state index in [1.807, 2.05) is 17.7 Å². The average molecular weight is 348 g/mol. The van der Waals surface area contributed by atoms with Crippen LogP contribution in [-0.2, 0) is 13.5 Å². The van der Waals surface area contributed by atoms with Gasteiger partial charge < -0.3 is 0 Å². The molecule has 0 spiro atoms. The molecule has 0 saturated carbocycles. The maximum absolute atomic E-state index is 4.83. The molecule has 2 nitrogen and oxygen atoms in total. The van der Waals surface area contributed by atoms with E-state index >= 15 is 0 Å². The molecule has 0 unspecified atom stereocenters. The third-order valence-electron chi connectivity index (χ3n) is 4.73. The molecule has 0 bridgehead atoms. The van der Waals surface area contributed by atoms with Gasteiger partial charge in [0.25, 0.3) is 6.33 Å². The van der Waals surface area contributed by atoms with E-state index in [9.17, 15) is 0 Å². The third kappa shape index (κ3) is 2.73. The van der Waals surface area contributed by atoms with E-state index in [1.165, 1.54) is 37.2 Å². The number of hydrogen-bond acceptors (Lipinski definition) is 2. The minimum absolute atomic E-state index is 0.635. The number of aryl methyl sites for hydroxylation is 2. The number of hydrogen-bond donors (Lipinski definition) is 0. The lowest BCUT2D eigenvalue weighted by Crippen LogP contribution is -2.31. The predicted octanol–water partition coefficient (Wildman–Crippen LogP) is 5.45. The van der Waals surface area contributed by atoms with Crippen LogP contribution in [0.1, 0.15) is 25.0 Å². The quantitative estimate of drug-likeness (QED) is 0.450. The minimum Gasteiger partial charge on any atom is -0.231 e. The Hall–Kier alpha value is -2.26. The van der Waals surface area contributed by atoms with E-state index in [2.05, 4.69) is 74.9 Å². The highest BCUT2D eigenvalue weighted by Crippen LogP contribution is 2.39. The Balaban J connectivity index is 2.09. The van der Waals surface area contributed by atoms with Crippen LogP contribution in [0.15, 0.2) is 48.8 Å². The van der Waals surface area contributed by atoms with Gasteiger partial charge in [-0.15, -0.1) is 11.3 Å². The second kappa shape index (κ2) is 6.23. The molecule has 126 valence electrons. The molecule has 0 aliphatic heterocycles. The Morgan fingerprint density at radius 3 is 2.64 bits per heavy atom. The molecule has 0 N–H and O–H groups in total. The van der Waals surface area contributed by atoms with Crippen LogP contribution >= 0.6 is 11.3 Å². The molecular weight excluding hydrogens is 324 g/mol. The van der Waals surface area contributed by atoms with E-state index in [-0.39, 0.29) is 0 Å². The lowest BCUT2D eigenvalue weighted by molar-refractivity contribution is -0.662. The highest BCUT2D eigenvalue weighted by molar-refractivity contribution is 7.26. The highest BCUT2D eigenvalue weighted by Gasteiger charge is 2.22. The molecule has 0 fully saturated rings. The van der Waals surface area contributed by atoms with Gasteiger partial charge in [0.1, 0.15) is 4.70 Å². The fourth-order valence-corrected chi connectivity index (χ4v) is 4.91. The summed E-state index contributed by atoms with van der Waals surface area (Å²) in [7, 11) is 2.09. The zero-order valence-corrected chi connectivity index (χ0v) is 16.0. The molecule has 0 aliphatic carbocycles. The van der Waals surface area contributed by atoms with Gasteiger partial charge >= 0.3 is 0 Å². The highest BCUT2D eigenvalue weighted by atomic mass is 32.1. The van der Waals surface area contributed by atoms with Crippen LogP contribution in [0.25, 0.3) is 31.6 Å². The zero-order valence-electron chi connectivity index (χ0n) is 15.2. The second-order valence-electron chi connectivity index (χ2n) is 7.19. The zero-order chi connectivity index (χ0) is 17.6. The molecule has 4 rings (SSSR count). The van der Waals surface area contributed by atoms with Crippen LogP contribution in [0.2, 0.25) is 0 Å². The lowest BCUT2D eigenvalue weighted by atomic mass is 9.98. The fourth-order valence-electron chi connectivity index (χ4n) is 3.61. The molecule has 2 aromatic heterocycles. The number of nitrogens with zero attached hydrogens (tertiary/aromatic N) is 2. The van der Waals surface area contributed by atoms with Crippen LogP contribution in [0.3, 0.4) is 0 Å². The summed E-state index contributed by atoms with van der Waals surface area (Å²) in [6.45, 7) is 6.73. The van der Waals surface area contributed by atoms with E-state index in [0.29, 0.717) is 5.92 Å². The molecule has 0 radical (unpaired) electrons. The molecule has 3 heteroatoms. The monoisotopic (exact) mass is 347 g/mol. The van der Waals surface area contributed by atoms with Gasteiger partial charge in [-0.3, -0.25) is 0 Å². The molecule has 25 heavy (non-hydrogen) atoms. The van der Waals surface area contributed by atoms with Crippen LogP contribution < -0.4 is 4.57 Å². The smallest absolute Gasteiger partial charge is 0.231 e. The van der Waals surface area contributed by atoms with Crippen LogP contribution in [0.5, 0.6) is 0 Å². The second-order valence-corrected chi connectivity index (χ2v) is 8.24. The van der Waals surface area contributed by atoms with Gasteiger partial charge in [0.05, 0.1) is 7.05 Å². The first-order chi connectivity index (χ1) is 12.1. The number of thiophene rings is 1. The van der Waals surface area contributed by atoms with Gasteiger partial charge in [-0.25, -0.2) is 4.57 Å². The molecule has 0 aliphatic rings.